The average Bonchev–Trinajstić information content (AvgIpc) is 2.56. The summed E-state index contributed by atoms with van der Waals surface area (Å²) in [6, 6.07) is 7.00. The van der Waals surface area contributed by atoms with Crippen LogP contribution in [0.3, 0.4) is 0 Å². The molecule has 0 aromatic heterocycles. The molecule has 1 N–H and O–H groups in total. The third-order valence-corrected chi connectivity index (χ3v) is 3.26. The molecular formula is C17H25NO5. The maximum absolute atomic E-state index is 12.3. The highest BCUT2D eigenvalue weighted by Crippen LogP contribution is 2.06. The van der Waals surface area contributed by atoms with Crippen LogP contribution in [0, 0.1) is 6.92 Å². The average molecular weight is 323 g/mol. The third kappa shape index (κ3) is 7.76. The number of carbonyl (C=O) groups excluding carboxylic acids is 2. The molecule has 0 aliphatic rings. The van der Waals surface area contributed by atoms with Gasteiger partial charge in [-0.1, -0.05) is 17.7 Å². The Morgan fingerprint density at radius 2 is 1.87 bits per heavy atom. The molecule has 1 atom stereocenters. The lowest BCUT2D eigenvalue weighted by molar-refractivity contribution is -0.141. The first-order chi connectivity index (χ1) is 11.1. The molecule has 1 rings (SSSR count). The number of hydrogen-bond acceptors (Lipinski definition) is 5. The Kier molecular flexibility index (Phi) is 8.94. The molecule has 0 radical (unpaired) electrons. The predicted molar refractivity (Wildman–Crippen MR) is 86.1 cm³/mol. The van der Waals surface area contributed by atoms with Gasteiger partial charge in [-0.2, -0.15) is 0 Å². The summed E-state index contributed by atoms with van der Waals surface area (Å²) in [7, 11) is 1.34. The number of aryl methyl sites for hydroxylation is 1. The third-order valence-electron chi connectivity index (χ3n) is 3.26. The Bertz CT molecular complexity index is 486. The molecule has 0 saturated carbocycles. The first-order valence-corrected chi connectivity index (χ1v) is 7.66. The number of rotatable bonds is 10. The van der Waals surface area contributed by atoms with E-state index in [9.17, 15) is 9.59 Å². The van der Waals surface area contributed by atoms with E-state index in [0.717, 1.165) is 5.56 Å². The number of methoxy groups -OCH3 is 1. The molecule has 0 aliphatic carbocycles. The van der Waals surface area contributed by atoms with E-state index in [1.165, 1.54) is 7.11 Å². The van der Waals surface area contributed by atoms with Gasteiger partial charge in [-0.05, 0) is 32.4 Å². The van der Waals surface area contributed by atoms with E-state index in [2.05, 4.69) is 10.1 Å². The van der Waals surface area contributed by atoms with Crippen LogP contribution in [0.5, 0.6) is 0 Å². The van der Waals surface area contributed by atoms with Crippen molar-refractivity contribution in [3.8, 4) is 0 Å². The van der Waals surface area contributed by atoms with Gasteiger partial charge in [-0.3, -0.25) is 9.59 Å². The van der Waals surface area contributed by atoms with Crippen molar-refractivity contribution in [1.29, 1.82) is 0 Å². The maximum atomic E-state index is 12.3. The van der Waals surface area contributed by atoms with Crippen LogP contribution < -0.4 is 5.32 Å². The van der Waals surface area contributed by atoms with Crippen LogP contribution in [0.1, 0.15) is 35.7 Å². The topological polar surface area (TPSA) is 73.9 Å². The van der Waals surface area contributed by atoms with Crippen molar-refractivity contribution < 1.29 is 23.8 Å². The Balaban J connectivity index is 2.56. The summed E-state index contributed by atoms with van der Waals surface area (Å²) in [4.78, 5) is 23.5. The van der Waals surface area contributed by atoms with Crippen molar-refractivity contribution in [2.24, 2.45) is 0 Å². The Labute approximate surface area is 137 Å². The summed E-state index contributed by atoms with van der Waals surface area (Å²) in [5, 5.41) is 2.88. The van der Waals surface area contributed by atoms with Crippen LogP contribution in [0.2, 0.25) is 0 Å². The van der Waals surface area contributed by atoms with Crippen molar-refractivity contribution in [3.05, 3.63) is 35.4 Å². The number of benzene rings is 1. The lowest BCUT2D eigenvalue weighted by atomic mass is 10.1. The largest absolute Gasteiger partial charge is 0.469 e. The fraction of sp³-hybridized carbons (Fsp3) is 0.529. The molecule has 0 unspecified atom stereocenters. The van der Waals surface area contributed by atoms with Crippen LogP contribution in [0.15, 0.2) is 24.3 Å². The molecule has 1 amide bonds. The first kappa shape index (κ1) is 19.1. The molecule has 128 valence electrons. The minimum Gasteiger partial charge on any atom is -0.469 e. The van der Waals surface area contributed by atoms with Gasteiger partial charge in [-0.25, -0.2) is 0 Å². The summed E-state index contributed by atoms with van der Waals surface area (Å²) in [6.07, 6.45) is 0.656. The van der Waals surface area contributed by atoms with Gasteiger partial charge in [0.2, 0.25) is 0 Å². The van der Waals surface area contributed by atoms with Crippen molar-refractivity contribution in [1.82, 2.24) is 5.32 Å². The molecule has 23 heavy (non-hydrogen) atoms. The number of ether oxygens (including phenoxy) is 3. The van der Waals surface area contributed by atoms with Gasteiger partial charge in [0.05, 0.1) is 19.8 Å². The second-order valence-electron chi connectivity index (χ2n) is 5.13. The van der Waals surface area contributed by atoms with Crippen LogP contribution >= 0.6 is 0 Å². The highest BCUT2D eigenvalue weighted by Gasteiger charge is 2.16. The second-order valence-corrected chi connectivity index (χ2v) is 5.13. The molecule has 0 aliphatic heterocycles. The Morgan fingerprint density at radius 1 is 1.17 bits per heavy atom. The Hall–Kier alpha value is -1.92. The molecule has 6 nitrogen and oxygen atoms in total. The minimum atomic E-state index is -0.315. The van der Waals surface area contributed by atoms with Gasteiger partial charge in [0.25, 0.3) is 5.91 Å². The minimum absolute atomic E-state index is 0.158. The van der Waals surface area contributed by atoms with Gasteiger partial charge in [-0.15, -0.1) is 0 Å². The second kappa shape index (κ2) is 10.7. The van der Waals surface area contributed by atoms with Gasteiger partial charge in [0.15, 0.2) is 0 Å². The normalized spacial score (nSPS) is 11.8. The van der Waals surface area contributed by atoms with Crippen LogP contribution in [0.25, 0.3) is 0 Å². The van der Waals surface area contributed by atoms with Crippen molar-refractivity contribution >= 4 is 11.9 Å². The smallest absolute Gasteiger partial charge is 0.305 e. The SMILES string of the molecule is CCOCOC[C@H](CCC(=O)OC)NC(=O)c1ccc(C)cc1. The molecular weight excluding hydrogens is 298 g/mol. The lowest BCUT2D eigenvalue weighted by Gasteiger charge is -2.18. The van der Waals surface area contributed by atoms with E-state index in [-0.39, 0.29) is 37.7 Å². The molecule has 0 bridgehead atoms. The fourth-order valence-corrected chi connectivity index (χ4v) is 1.90. The number of esters is 1. The zero-order chi connectivity index (χ0) is 17.1. The van der Waals surface area contributed by atoms with Crippen molar-refractivity contribution in [3.63, 3.8) is 0 Å². The van der Waals surface area contributed by atoms with Gasteiger partial charge in [0, 0.05) is 18.6 Å². The number of carbonyl (C=O) groups is 2. The summed E-state index contributed by atoms with van der Waals surface area (Å²) in [6.45, 7) is 4.82. The highest BCUT2D eigenvalue weighted by atomic mass is 16.7. The molecule has 0 saturated heterocycles. The molecule has 1 aromatic rings. The van der Waals surface area contributed by atoms with E-state index in [0.29, 0.717) is 18.6 Å². The molecule has 0 fully saturated rings. The molecule has 1 aromatic carbocycles. The molecule has 0 spiro atoms. The zero-order valence-electron chi connectivity index (χ0n) is 14.0. The van der Waals surface area contributed by atoms with E-state index >= 15 is 0 Å². The van der Waals surface area contributed by atoms with Gasteiger partial charge >= 0.3 is 5.97 Å². The lowest BCUT2D eigenvalue weighted by Crippen LogP contribution is -2.39. The van der Waals surface area contributed by atoms with Gasteiger partial charge in [0.1, 0.15) is 6.79 Å². The standard InChI is InChI=1S/C17H25NO5/c1-4-22-12-23-11-15(9-10-16(19)21-3)18-17(20)14-7-5-13(2)6-8-14/h5-8,15H,4,9-12H2,1-3H3,(H,18,20)/t15-/m0/s1. The number of nitrogens with one attached hydrogen (secondary N) is 1. The van der Waals surface area contributed by atoms with Crippen molar-refractivity contribution in [2.75, 3.05) is 27.1 Å². The van der Waals surface area contributed by atoms with Crippen LogP contribution in [-0.2, 0) is 19.0 Å². The number of amides is 1. The zero-order valence-corrected chi connectivity index (χ0v) is 14.0. The van der Waals surface area contributed by atoms with Crippen LogP contribution in [-0.4, -0.2) is 45.0 Å². The quantitative estimate of drug-likeness (QED) is 0.405. The molecule has 6 heteroatoms. The van der Waals surface area contributed by atoms with E-state index < -0.39 is 0 Å². The molecule has 0 heterocycles. The number of hydrogen-bond donors (Lipinski definition) is 1. The highest BCUT2D eigenvalue weighted by molar-refractivity contribution is 5.94. The Morgan fingerprint density at radius 3 is 2.48 bits per heavy atom. The summed E-state index contributed by atoms with van der Waals surface area (Å²) in [5.74, 6) is -0.510. The fourth-order valence-electron chi connectivity index (χ4n) is 1.90. The predicted octanol–water partition coefficient (Wildman–Crippen LogP) is 2.06. The summed E-state index contributed by atoms with van der Waals surface area (Å²) >= 11 is 0. The first-order valence-electron chi connectivity index (χ1n) is 7.66. The van der Waals surface area contributed by atoms with Gasteiger partial charge < -0.3 is 19.5 Å². The van der Waals surface area contributed by atoms with E-state index in [4.69, 9.17) is 9.47 Å². The van der Waals surface area contributed by atoms with Crippen LogP contribution in [0.4, 0.5) is 0 Å². The van der Waals surface area contributed by atoms with E-state index in [1.54, 1.807) is 12.1 Å². The monoisotopic (exact) mass is 323 g/mol. The summed E-state index contributed by atoms with van der Waals surface area (Å²) in [5.41, 5.74) is 1.66. The summed E-state index contributed by atoms with van der Waals surface area (Å²) < 4.78 is 15.1. The van der Waals surface area contributed by atoms with Crippen molar-refractivity contribution in [2.45, 2.75) is 32.7 Å². The van der Waals surface area contributed by atoms with E-state index in [1.807, 2.05) is 26.0 Å². The maximum Gasteiger partial charge on any atom is 0.305 e.